The summed E-state index contributed by atoms with van der Waals surface area (Å²) in [7, 11) is -0.814. The van der Waals surface area contributed by atoms with E-state index in [4.69, 9.17) is 0 Å². The number of hydrogen-bond acceptors (Lipinski definition) is 0. The second-order valence-corrected chi connectivity index (χ2v) is 10.9. The van der Waals surface area contributed by atoms with E-state index in [1.807, 2.05) is 0 Å². The Balaban J connectivity index is 0.00000182. The van der Waals surface area contributed by atoms with Crippen LogP contribution in [0.4, 0.5) is 0 Å². The molecule has 0 aromatic heterocycles. The summed E-state index contributed by atoms with van der Waals surface area (Å²) in [5, 5.41) is 3.10. The first-order chi connectivity index (χ1) is 11.8. The second kappa shape index (κ2) is 8.69. The fraction of sp³-hybridized carbons (Fsp3) is 0.182. The molecule has 4 rings (SSSR count). The first kappa shape index (κ1) is 18.9. The molecular weight excluding hydrogens is 431 g/mol. The molecule has 2 radical (unpaired) electrons. The summed E-state index contributed by atoms with van der Waals surface area (Å²) in [4.78, 5) is 0. The van der Waals surface area contributed by atoms with Crippen LogP contribution in [0.15, 0.2) is 78.9 Å². The van der Waals surface area contributed by atoms with E-state index in [-0.39, 0.29) is 17.1 Å². The maximum atomic E-state index is 2.37. The third-order valence-electron chi connectivity index (χ3n) is 5.09. The SMILES string of the molecule is [Cu].[GeH2][c]1cccc2c1C([PH+](c1ccccc1)c1ccccc1)CCC2. The van der Waals surface area contributed by atoms with E-state index in [1.165, 1.54) is 35.8 Å². The van der Waals surface area contributed by atoms with Crippen LogP contribution >= 0.6 is 7.92 Å². The minimum absolute atomic E-state index is 0. The average Bonchev–Trinajstić information content (AvgIpc) is 2.64. The zero-order valence-electron chi connectivity index (χ0n) is 14.2. The Hall–Kier alpha value is -0.848. The van der Waals surface area contributed by atoms with Gasteiger partial charge in [0.25, 0.3) is 0 Å². The first-order valence-electron chi connectivity index (χ1n) is 8.76. The molecule has 1 aliphatic carbocycles. The van der Waals surface area contributed by atoms with Gasteiger partial charge in [-0.3, -0.25) is 0 Å². The third-order valence-corrected chi connectivity index (χ3v) is 9.57. The summed E-state index contributed by atoms with van der Waals surface area (Å²) in [6, 6.07) is 29.5. The Bertz CT molecular complexity index is 780. The van der Waals surface area contributed by atoms with Crippen molar-refractivity contribution in [2.75, 3.05) is 0 Å². The van der Waals surface area contributed by atoms with Gasteiger partial charge in [0.1, 0.15) is 0 Å². The monoisotopic (exact) mass is 455 g/mol. The standard InChI is InChI=1S/C22H22GeP.Cu/c23-20-15-7-9-17-10-8-16-21(22(17)20)24(18-11-3-1-4-12-18)19-13-5-2-6-14-19;/h1-7,9,11-15,21H,8,10,16,23H2;/p+1. The van der Waals surface area contributed by atoms with E-state index in [0.29, 0.717) is 5.66 Å². The van der Waals surface area contributed by atoms with Gasteiger partial charge in [-0.15, -0.1) is 0 Å². The number of rotatable bonds is 3. The van der Waals surface area contributed by atoms with Crippen molar-refractivity contribution in [1.29, 1.82) is 0 Å². The Labute approximate surface area is 170 Å². The summed E-state index contributed by atoms with van der Waals surface area (Å²) in [6.45, 7) is 0. The third kappa shape index (κ3) is 3.96. The Morgan fingerprint density at radius 3 is 1.96 bits per heavy atom. The number of fused-ring (bicyclic) bond motifs is 1. The average molecular weight is 455 g/mol. The fourth-order valence-electron chi connectivity index (χ4n) is 4.07. The Morgan fingerprint density at radius 1 is 0.760 bits per heavy atom. The van der Waals surface area contributed by atoms with Crippen molar-refractivity contribution in [2.24, 2.45) is 0 Å². The Morgan fingerprint density at radius 2 is 1.36 bits per heavy atom. The molecular formula is C22H23CuGeP+. The molecule has 1 atom stereocenters. The van der Waals surface area contributed by atoms with Gasteiger partial charge in [-0.05, 0) is 0 Å². The molecule has 0 spiro atoms. The van der Waals surface area contributed by atoms with E-state index >= 15 is 0 Å². The van der Waals surface area contributed by atoms with Gasteiger partial charge < -0.3 is 0 Å². The normalized spacial score (nSPS) is 16.2. The molecule has 0 bridgehead atoms. The molecule has 1 aliphatic rings. The van der Waals surface area contributed by atoms with Crippen LogP contribution in [0.2, 0.25) is 0 Å². The van der Waals surface area contributed by atoms with Crippen LogP contribution in [-0.2, 0) is 23.5 Å². The number of aryl methyl sites for hydroxylation is 1. The van der Waals surface area contributed by atoms with Gasteiger partial charge in [0.05, 0.1) is 0 Å². The van der Waals surface area contributed by atoms with Crippen LogP contribution in [0.3, 0.4) is 0 Å². The van der Waals surface area contributed by atoms with Gasteiger partial charge in [0.2, 0.25) is 0 Å². The second-order valence-electron chi connectivity index (χ2n) is 6.58. The van der Waals surface area contributed by atoms with Crippen LogP contribution < -0.4 is 15.0 Å². The van der Waals surface area contributed by atoms with Crippen LogP contribution in [0.1, 0.15) is 29.6 Å². The van der Waals surface area contributed by atoms with E-state index < -0.39 is 7.92 Å². The molecule has 3 aromatic rings. The number of benzene rings is 3. The quantitative estimate of drug-likeness (QED) is 0.421. The van der Waals surface area contributed by atoms with Crippen molar-refractivity contribution in [1.82, 2.24) is 0 Å². The molecule has 0 N–H and O–H groups in total. The van der Waals surface area contributed by atoms with E-state index in [1.54, 1.807) is 26.1 Å². The van der Waals surface area contributed by atoms with Crippen LogP contribution in [0.5, 0.6) is 0 Å². The molecule has 3 aromatic carbocycles. The zero-order valence-corrected chi connectivity index (χ0v) is 19.1. The van der Waals surface area contributed by atoms with Crippen molar-refractivity contribution in [3.8, 4) is 0 Å². The van der Waals surface area contributed by atoms with Crippen LogP contribution in [0, 0.1) is 0 Å². The summed E-state index contributed by atoms with van der Waals surface area (Å²) in [5.41, 5.74) is 4.02. The Kier molecular flexibility index (Phi) is 6.58. The van der Waals surface area contributed by atoms with Crippen molar-refractivity contribution >= 4 is 39.4 Å². The number of hydrogen-bond donors (Lipinski definition) is 0. The molecule has 3 heteroatoms. The molecule has 0 amide bonds. The first-order valence-corrected chi connectivity index (χ1v) is 11.8. The summed E-state index contributed by atoms with van der Waals surface area (Å²) in [5.74, 6) is 0. The van der Waals surface area contributed by atoms with Crippen molar-refractivity contribution < 1.29 is 17.1 Å². The van der Waals surface area contributed by atoms with Gasteiger partial charge in [-0.25, -0.2) is 0 Å². The van der Waals surface area contributed by atoms with E-state index in [9.17, 15) is 0 Å². The topological polar surface area (TPSA) is 0 Å². The molecule has 0 fully saturated rings. The van der Waals surface area contributed by atoms with Gasteiger partial charge in [0.15, 0.2) is 0 Å². The maximum absolute atomic E-state index is 2.37. The van der Waals surface area contributed by atoms with E-state index in [2.05, 4.69) is 78.9 Å². The summed E-state index contributed by atoms with van der Waals surface area (Å²) < 4.78 is 1.60. The molecule has 0 saturated heterocycles. The fourth-order valence-corrected chi connectivity index (χ4v) is 9.17. The van der Waals surface area contributed by atoms with E-state index in [0.717, 1.165) is 0 Å². The molecule has 1 unspecified atom stereocenters. The zero-order chi connectivity index (χ0) is 16.4. The van der Waals surface area contributed by atoms with Crippen molar-refractivity contribution in [3.63, 3.8) is 0 Å². The summed E-state index contributed by atoms with van der Waals surface area (Å²) >= 11 is 1.26. The van der Waals surface area contributed by atoms with Gasteiger partial charge in [-0.1, -0.05) is 0 Å². The molecule has 0 saturated carbocycles. The minimum atomic E-state index is -0.814. The molecule has 130 valence electrons. The van der Waals surface area contributed by atoms with Crippen molar-refractivity contribution in [2.45, 2.75) is 24.9 Å². The molecule has 25 heavy (non-hydrogen) atoms. The predicted octanol–water partition coefficient (Wildman–Crippen LogP) is 3.19. The predicted molar refractivity (Wildman–Crippen MR) is 111 cm³/mol. The molecule has 0 aliphatic heterocycles. The van der Waals surface area contributed by atoms with Gasteiger partial charge in [0, 0.05) is 17.1 Å². The molecule has 0 nitrogen and oxygen atoms in total. The summed E-state index contributed by atoms with van der Waals surface area (Å²) in [6.07, 6.45) is 3.93. The van der Waals surface area contributed by atoms with Crippen LogP contribution in [0.25, 0.3) is 0 Å². The molecule has 0 heterocycles. The van der Waals surface area contributed by atoms with Crippen LogP contribution in [-0.4, -0.2) is 16.5 Å². The van der Waals surface area contributed by atoms with Gasteiger partial charge >= 0.3 is 154 Å². The van der Waals surface area contributed by atoms with Crippen molar-refractivity contribution in [3.05, 3.63) is 90.0 Å². The van der Waals surface area contributed by atoms with Gasteiger partial charge in [-0.2, -0.15) is 0 Å².